The third-order valence-electron chi connectivity index (χ3n) is 5.58. The number of para-hydroxylation sites is 1. The topological polar surface area (TPSA) is 72.3 Å². The fourth-order valence-electron chi connectivity index (χ4n) is 4.04. The molecular formula is C20H25N5OS. The van der Waals surface area contributed by atoms with Crippen molar-refractivity contribution in [3.8, 4) is 6.07 Å². The number of amides is 1. The van der Waals surface area contributed by atoms with Gasteiger partial charge in [0.25, 0.3) is 0 Å². The molecule has 1 aromatic carbocycles. The van der Waals surface area contributed by atoms with Gasteiger partial charge in [-0.2, -0.15) is 5.26 Å². The third kappa shape index (κ3) is 4.29. The number of hydrogen-bond donors (Lipinski definition) is 1. The van der Waals surface area contributed by atoms with E-state index in [-0.39, 0.29) is 5.91 Å². The van der Waals surface area contributed by atoms with E-state index in [1.165, 1.54) is 4.70 Å². The van der Waals surface area contributed by atoms with Crippen LogP contribution in [-0.4, -0.2) is 59.0 Å². The first-order valence-electron chi connectivity index (χ1n) is 9.67. The van der Waals surface area contributed by atoms with Crippen LogP contribution in [0.4, 0.5) is 0 Å². The number of fused-ring (bicyclic) bond motifs is 1. The van der Waals surface area contributed by atoms with Crippen LogP contribution < -0.4 is 5.32 Å². The van der Waals surface area contributed by atoms with Crippen molar-refractivity contribution >= 4 is 27.5 Å². The van der Waals surface area contributed by atoms with Crippen LogP contribution in [0.3, 0.4) is 0 Å². The third-order valence-corrected chi connectivity index (χ3v) is 6.60. The Balaban J connectivity index is 1.25. The van der Waals surface area contributed by atoms with Crippen molar-refractivity contribution in [2.24, 2.45) is 0 Å². The molecule has 2 aliphatic rings. The summed E-state index contributed by atoms with van der Waals surface area (Å²) >= 11 is 1.76. The highest BCUT2D eigenvalue weighted by Gasteiger charge is 2.35. The van der Waals surface area contributed by atoms with Crippen LogP contribution in [0.5, 0.6) is 0 Å². The molecule has 0 spiro atoms. The maximum atomic E-state index is 12.4. The molecule has 1 aliphatic carbocycles. The minimum absolute atomic E-state index is 0.0157. The van der Waals surface area contributed by atoms with E-state index >= 15 is 0 Å². The molecule has 0 atom stereocenters. The van der Waals surface area contributed by atoms with Gasteiger partial charge < -0.3 is 5.32 Å². The molecule has 1 saturated heterocycles. The Bertz CT molecular complexity index is 810. The molecule has 27 heavy (non-hydrogen) atoms. The van der Waals surface area contributed by atoms with Crippen molar-refractivity contribution in [2.45, 2.75) is 37.8 Å². The molecule has 2 fully saturated rings. The predicted octanol–water partition coefficient (Wildman–Crippen LogP) is 2.37. The Morgan fingerprint density at radius 2 is 1.89 bits per heavy atom. The van der Waals surface area contributed by atoms with E-state index in [1.807, 2.05) is 6.07 Å². The highest BCUT2D eigenvalue weighted by molar-refractivity contribution is 7.18. The number of carbonyl (C=O) groups excluding carboxylic acids is 1. The van der Waals surface area contributed by atoms with E-state index in [1.54, 1.807) is 11.3 Å². The normalized spacial score (nSPS) is 20.6. The molecule has 1 N–H and O–H groups in total. The Kier molecular flexibility index (Phi) is 5.39. The molecule has 1 amide bonds. The minimum atomic E-state index is -0.619. The van der Waals surface area contributed by atoms with Gasteiger partial charge in [0.2, 0.25) is 5.91 Å². The largest absolute Gasteiger partial charge is 0.337 e. The molecule has 7 heteroatoms. The number of aromatic nitrogens is 1. The number of benzene rings is 1. The Labute approximate surface area is 163 Å². The van der Waals surface area contributed by atoms with Gasteiger partial charge in [0.15, 0.2) is 0 Å². The van der Waals surface area contributed by atoms with Gasteiger partial charge in [-0.05, 0) is 37.8 Å². The zero-order chi connectivity index (χ0) is 18.7. The second-order valence-corrected chi connectivity index (χ2v) is 8.69. The van der Waals surface area contributed by atoms with Crippen molar-refractivity contribution in [2.75, 3.05) is 32.7 Å². The summed E-state index contributed by atoms with van der Waals surface area (Å²) in [6.07, 6.45) is 3.62. The molecular weight excluding hydrogens is 358 g/mol. The average Bonchev–Trinajstić information content (AvgIpc) is 3.30. The second kappa shape index (κ2) is 7.93. The summed E-state index contributed by atoms with van der Waals surface area (Å²) in [6, 6.07) is 10.6. The van der Waals surface area contributed by atoms with Gasteiger partial charge in [-0.3, -0.25) is 14.6 Å². The lowest BCUT2D eigenvalue weighted by Gasteiger charge is -2.34. The van der Waals surface area contributed by atoms with Crippen LogP contribution >= 0.6 is 11.3 Å². The lowest BCUT2D eigenvalue weighted by molar-refractivity contribution is -0.124. The van der Waals surface area contributed by atoms with Gasteiger partial charge >= 0.3 is 0 Å². The van der Waals surface area contributed by atoms with Crippen molar-refractivity contribution in [1.29, 1.82) is 5.26 Å². The number of nitrogens with zero attached hydrogens (tertiary/aromatic N) is 4. The number of thiazole rings is 1. The van der Waals surface area contributed by atoms with E-state index in [9.17, 15) is 10.1 Å². The van der Waals surface area contributed by atoms with Crippen LogP contribution in [-0.2, 0) is 11.3 Å². The van der Waals surface area contributed by atoms with E-state index < -0.39 is 5.54 Å². The minimum Gasteiger partial charge on any atom is -0.337 e. The number of rotatable bonds is 5. The lowest BCUT2D eigenvalue weighted by Crippen LogP contribution is -2.52. The molecule has 6 nitrogen and oxygen atoms in total. The SMILES string of the molecule is N#CC1(NC(=O)CN2CCN(Cc3nc4ccccc4s3)CC2)CCCC1. The number of nitriles is 1. The fraction of sp³-hybridized carbons (Fsp3) is 0.550. The number of hydrogen-bond acceptors (Lipinski definition) is 6. The van der Waals surface area contributed by atoms with Crippen molar-refractivity contribution in [3.63, 3.8) is 0 Å². The summed E-state index contributed by atoms with van der Waals surface area (Å²) in [5.74, 6) is -0.0157. The van der Waals surface area contributed by atoms with Gasteiger partial charge in [-0.1, -0.05) is 12.1 Å². The summed E-state index contributed by atoms with van der Waals surface area (Å²) in [5.41, 5.74) is 0.456. The first-order chi connectivity index (χ1) is 13.2. The molecule has 0 unspecified atom stereocenters. The first-order valence-corrected chi connectivity index (χ1v) is 10.5. The average molecular weight is 384 g/mol. The van der Waals surface area contributed by atoms with Crippen molar-refractivity contribution in [1.82, 2.24) is 20.1 Å². The van der Waals surface area contributed by atoms with Crippen LogP contribution in [0.1, 0.15) is 30.7 Å². The van der Waals surface area contributed by atoms with Crippen LogP contribution in [0.25, 0.3) is 10.2 Å². The van der Waals surface area contributed by atoms with Crippen LogP contribution in [0.2, 0.25) is 0 Å². The second-order valence-electron chi connectivity index (χ2n) is 7.58. The van der Waals surface area contributed by atoms with Gasteiger partial charge in [0, 0.05) is 26.2 Å². The zero-order valence-corrected chi connectivity index (χ0v) is 16.3. The van der Waals surface area contributed by atoms with Crippen molar-refractivity contribution < 1.29 is 4.79 Å². The first kappa shape index (κ1) is 18.4. The fourth-order valence-corrected chi connectivity index (χ4v) is 5.05. The molecule has 2 aromatic rings. The van der Waals surface area contributed by atoms with Crippen LogP contribution in [0, 0.1) is 11.3 Å². The standard InChI is InChI=1S/C20H25N5OS/c21-15-20(7-3-4-8-20)23-18(26)13-24-9-11-25(12-10-24)14-19-22-16-5-1-2-6-17(16)27-19/h1-2,5-6H,3-4,7-14H2,(H,23,26). The van der Waals surface area contributed by atoms with Gasteiger partial charge in [0.05, 0.1) is 29.4 Å². The monoisotopic (exact) mass is 383 g/mol. The maximum absolute atomic E-state index is 12.4. The molecule has 142 valence electrons. The summed E-state index contributed by atoms with van der Waals surface area (Å²) in [5, 5.41) is 13.6. The molecule has 2 heterocycles. The lowest BCUT2D eigenvalue weighted by atomic mass is 10.00. The number of piperazine rings is 1. The van der Waals surface area contributed by atoms with Gasteiger partial charge in [0.1, 0.15) is 10.5 Å². The van der Waals surface area contributed by atoms with Gasteiger partial charge in [-0.15, -0.1) is 11.3 Å². The van der Waals surface area contributed by atoms with Crippen molar-refractivity contribution in [3.05, 3.63) is 29.3 Å². The number of nitrogens with one attached hydrogen (secondary N) is 1. The summed E-state index contributed by atoms with van der Waals surface area (Å²) in [6.45, 7) is 4.88. The molecule has 1 aliphatic heterocycles. The zero-order valence-electron chi connectivity index (χ0n) is 15.5. The van der Waals surface area contributed by atoms with Gasteiger partial charge in [-0.25, -0.2) is 4.98 Å². The Hall–Kier alpha value is -2.01. The smallest absolute Gasteiger partial charge is 0.235 e. The highest BCUT2D eigenvalue weighted by atomic mass is 32.1. The Morgan fingerprint density at radius 1 is 1.19 bits per heavy atom. The highest BCUT2D eigenvalue weighted by Crippen LogP contribution is 2.28. The Morgan fingerprint density at radius 3 is 2.59 bits per heavy atom. The molecule has 1 saturated carbocycles. The van der Waals surface area contributed by atoms with E-state index in [0.717, 1.165) is 68.9 Å². The number of carbonyl (C=O) groups is 1. The maximum Gasteiger partial charge on any atom is 0.235 e. The molecule has 0 radical (unpaired) electrons. The molecule has 0 bridgehead atoms. The molecule has 1 aromatic heterocycles. The molecule has 4 rings (SSSR count). The van der Waals surface area contributed by atoms with E-state index in [0.29, 0.717) is 6.54 Å². The van der Waals surface area contributed by atoms with E-state index in [2.05, 4.69) is 39.4 Å². The quantitative estimate of drug-likeness (QED) is 0.858. The summed E-state index contributed by atoms with van der Waals surface area (Å²) < 4.78 is 1.24. The summed E-state index contributed by atoms with van der Waals surface area (Å²) in [7, 11) is 0. The van der Waals surface area contributed by atoms with E-state index in [4.69, 9.17) is 4.98 Å². The summed E-state index contributed by atoms with van der Waals surface area (Å²) in [4.78, 5) is 21.7. The van der Waals surface area contributed by atoms with Crippen LogP contribution in [0.15, 0.2) is 24.3 Å². The predicted molar refractivity (Wildman–Crippen MR) is 106 cm³/mol.